The molecule has 3 N–H and O–H groups in total. The van der Waals surface area contributed by atoms with E-state index in [1.54, 1.807) is 11.8 Å². The highest BCUT2D eigenvalue weighted by Gasteiger charge is 2.14. The first-order valence-electron chi connectivity index (χ1n) is 7.93. The van der Waals surface area contributed by atoms with E-state index in [0.717, 1.165) is 30.2 Å². The van der Waals surface area contributed by atoms with Gasteiger partial charge in [0, 0.05) is 25.8 Å². The summed E-state index contributed by atoms with van der Waals surface area (Å²) in [6.45, 7) is 2.65. The lowest BCUT2D eigenvalue weighted by molar-refractivity contribution is -0.122. The van der Waals surface area contributed by atoms with Crippen molar-refractivity contribution in [1.82, 2.24) is 10.3 Å². The van der Waals surface area contributed by atoms with Gasteiger partial charge in [-0.1, -0.05) is 0 Å². The highest BCUT2D eigenvalue weighted by atomic mass is 32.2. The van der Waals surface area contributed by atoms with E-state index in [1.807, 2.05) is 18.5 Å². The van der Waals surface area contributed by atoms with Gasteiger partial charge in [0.1, 0.15) is 5.82 Å². The Labute approximate surface area is 137 Å². The normalized spacial score (nSPS) is 16.4. The average molecular weight is 322 g/mol. The molecule has 0 aromatic carbocycles. The molecule has 0 unspecified atom stereocenters. The van der Waals surface area contributed by atoms with Gasteiger partial charge in [-0.2, -0.15) is 11.8 Å². The lowest BCUT2D eigenvalue weighted by Gasteiger charge is -2.28. The molecule has 0 saturated carbocycles. The third-order valence-electron chi connectivity index (χ3n) is 3.93. The molecular formula is C16H26N4OS. The molecule has 122 valence electrons. The SMILES string of the molecule is CSCC[C@H](N)C(=O)NCc1ccnc(N2CCCCC2)c1. The summed E-state index contributed by atoms with van der Waals surface area (Å²) in [7, 11) is 0. The molecule has 1 saturated heterocycles. The molecule has 2 heterocycles. The monoisotopic (exact) mass is 322 g/mol. The predicted molar refractivity (Wildman–Crippen MR) is 93.1 cm³/mol. The van der Waals surface area contributed by atoms with Crippen molar-refractivity contribution in [3.63, 3.8) is 0 Å². The van der Waals surface area contributed by atoms with Crippen LogP contribution in [0, 0.1) is 0 Å². The van der Waals surface area contributed by atoms with Gasteiger partial charge < -0.3 is 16.0 Å². The molecule has 1 atom stereocenters. The summed E-state index contributed by atoms with van der Waals surface area (Å²) in [4.78, 5) is 18.7. The van der Waals surface area contributed by atoms with E-state index in [1.165, 1.54) is 19.3 Å². The minimum atomic E-state index is -0.421. The first kappa shape index (κ1) is 17.1. The zero-order valence-electron chi connectivity index (χ0n) is 13.3. The van der Waals surface area contributed by atoms with Crippen LogP contribution in [0.5, 0.6) is 0 Å². The number of pyridine rings is 1. The highest BCUT2D eigenvalue weighted by molar-refractivity contribution is 7.98. The van der Waals surface area contributed by atoms with Gasteiger partial charge in [-0.25, -0.2) is 4.98 Å². The second kappa shape index (κ2) is 9.00. The number of nitrogens with two attached hydrogens (primary N) is 1. The fraction of sp³-hybridized carbons (Fsp3) is 0.625. The first-order chi connectivity index (χ1) is 10.7. The van der Waals surface area contributed by atoms with Crippen LogP contribution >= 0.6 is 11.8 Å². The summed E-state index contributed by atoms with van der Waals surface area (Å²) in [5.74, 6) is 1.84. The number of carbonyl (C=O) groups excluding carboxylic acids is 1. The van der Waals surface area contributed by atoms with Crippen LogP contribution in [0.1, 0.15) is 31.2 Å². The molecule has 1 aromatic rings. The molecule has 0 aliphatic carbocycles. The van der Waals surface area contributed by atoms with Crippen LogP contribution in [0.3, 0.4) is 0 Å². The molecule has 1 amide bonds. The van der Waals surface area contributed by atoms with Crippen molar-refractivity contribution < 1.29 is 4.79 Å². The van der Waals surface area contributed by atoms with E-state index in [0.29, 0.717) is 13.0 Å². The topological polar surface area (TPSA) is 71.2 Å². The summed E-state index contributed by atoms with van der Waals surface area (Å²) in [6, 6.07) is 3.59. The fourth-order valence-corrected chi connectivity index (χ4v) is 3.05. The van der Waals surface area contributed by atoms with Crippen molar-refractivity contribution in [3.8, 4) is 0 Å². The quantitative estimate of drug-likeness (QED) is 0.800. The van der Waals surface area contributed by atoms with E-state index >= 15 is 0 Å². The zero-order valence-corrected chi connectivity index (χ0v) is 14.1. The largest absolute Gasteiger partial charge is 0.357 e. The van der Waals surface area contributed by atoms with Crippen LogP contribution in [-0.4, -0.2) is 42.0 Å². The average Bonchev–Trinajstić information content (AvgIpc) is 2.58. The predicted octanol–water partition coefficient (Wildman–Crippen LogP) is 1.77. The molecule has 5 nitrogen and oxygen atoms in total. The van der Waals surface area contributed by atoms with E-state index in [2.05, 4.69) is 21.3 Å². The molecule has 1 fully saturated rings. The lowest BCUT2D eigenvalue weighted by atomic mass is 10.1. The van der Waals surface area contributed by atoms with Crippen molar-refractivity contribution in [2.24, 2.45) is 5.73 Å². The van der Waals surface area contributed by atoms with Crippen molar-refractivity contribution in [2.45, 2.75) is 38.3 Å². The second-order valence-electron chi connectivity index (χ2n) is 5.68. The van der Waals surface area contributed by atoms with Crippen LogP contribution in [0.25, 0.3) is 0 Å². The van der Waals surface area contributed by atoms with Crippen LogP contribution in [0.15, 0.2) is 18.3 Å². The zero-order chi connectivity index (χ0) is 15.8. The minimum absolute atomic E-state index is 0.0783. The van der Waals surface area contributed by atoms with E-state index < -0.39 is 6.04 Å². The summed E-state index contributed by atoms with van der Waals surface area (Å²) < 4.78 is 0. The fourth-order valence-electron chi connectivity index (χ4n) is 2.56. The second-order valence-corrected chi connectivity index (χ2v) is 6.66. The molecule has 22 heavy (non-hydrogen) atoms. The van der Waals surface area contributed by atoms with Crippen molar-refractivity contribution in [2.75, 3.05) is 30.0 Å². The number of nitrogens with zero attached hydrogens (tertiary/aromatic N) is 2. The van der Waals surface area contributed by atoms with Crippen molar-refractivity contribution in [1.29, 1.82) is 0 Å². The molecule has 0 bridgehead atoms. The van der Waals surface area contributed by atoms with Crippen LogP contribution in [0.4, 0.5) is 5.82 Å². The number of thioether (sulfide) groups is 1. The Morgan fingerprint density at radius 1 is 1.45 bits per heavy atom. The molecule has 1 aromatic heterocycles. The van der Waals surface area contributed by atoms with Gasteiger partial charge in [0.2, 0.25) is 5.91 Å². The van der Waals surface area contributed by atoms with Crippen molar-refractivity contribution >= 4 is 23.5 Å². The van der Waals surface area contributed by atoms with Crippen LogP contribution in [-0.2, 0) is 11.3 Å². The van der Waals surface area contributed by atoms with Gasteiger partial charge in [-0.15, -0.1) is 0 Å². The summed E-state index contributed by atoms with van der Waals surface area (Å²) in [5, 5.41) is 2.92. The van der Waals surface area contributed by atoms with Crippen molar-refractivity contribution in [3.05, 3.63) is 23.9 Å². The maximum absolute atomic E-state index is 11.9. The van der Waals surface area contributed by atoms with Gasteiger partial charge in [-0.05, 0) is 55.4 Å². The number of nitrogens with one attached hydrogen (secondary N) is 1. The van der Waals surface area contributed by atoms with Gasteiger partial charge >= 0.3 is 0 Å². The Morgan fingerprint density at radius 2 is 2.23 bits per heavy atom. The smallest absolute Gasteiger partial charge is 0.237 e. The standard InChI is InChI=1S/C16H26N4OS/c1-22-10-6-14(17)16(21)19-12-13-5-7-18-15(11-13)20-8-3-2-4-9-20/h5,7,11,14H,2-4,6,8-10,12,17H2,1H3,(H,19,21)/t14-/m0/s1. The van der Waals surface area contributed by atoms with E-state index in [-0.39, 0.29) is 5.91 Å². The van der Waals surface area contributed by atoms with E-state index in [4.69, 9.17) is 5.73 Å². The molecule has 2 rings (SSSR count). The summed E-state index contributed by atoms with van der Waals surface area (Å²) in [5.41, 5.74) is 6.94. The summed E-state index contributed by atoms with van der Waals surface area (Å²) in [6.07, 6.45) is 8.31. The number of amides is 1. The third-order valence-corrected chi connectivity index (χ3v) is 4.57. The third kappa shape index (κ3) is 5.18. The molecule has 6 heteroatoms. The van der Waals surface area contributed by atoms with Gasteiger partial charge in [0.25, 0.3) is 0 Å². The minimum Gasteiger partial charge on any atom is -0.357 e. The number of anilines is 1. The number of aromatic nitrogens is 1. The Hall–Kier alpha value is -1.27. The van der Waals surface area contributed by atoms with Crippen LogP contribution in [0.2, 0.25) is 0 Å². The molecule has 1 aliphatic heterocycles. The van der Waals surface area contributed by atoms with Gasteiger partial charge in [-0.3, -0.25) is 4.79 Å². The Bertz CT molecular complexity index is 477. The number of carbonyl (C=O) groups is 1. The lowest BCUT2D eigenvalue weighted by Crippen LogP contribution is -2.40. The number of piperidine rings is 1. The van der Waals surface area contributed by atoms with Gasteiger partial charge in [0.05, 0.1) is 6.04 Å². The summed E-state index contributed by atoms with van der Waals surface area (Å²) >= 11 is 1.71. The number of rotatable bonds is 7. The Balaban J connectivity index is 1.86. The maximum Gasteiger partial charge on any atom is 0.237 e. The van der Waals surface area contributed by atoms with Gasteiger partial charge in [0.15, 0.2) is 0 Å². The molecule has 1 aliphatic rings. The Morgan fingerprint density at radius 3 is 2.95 bits per heavy atom. The number of hydrogen-bond acceptors (Lipinski definition) is 5. The first-order valence-corrected chi connectivity index (χ1v) is 9.32. The van der Waals surface area contributed by atoms with Crippen LogP contribution < -0.4 is 16.0 Å². The highest BCUT2D eigenvalue weighted by Crippen LogP contribution is 2.18. The molecule has 0 radical (unpaired) electrons. The maximum atomic E-state index is 11.9. The Kier molecular flexibility index (Phi) is 6.99. The molecular weight excluding hydrogens is 296 g/mol. The number of hydrogen-bond donors (Lipinski definition) is 2. The van der Waals surface area contributed by atoms with E-state index in [9.17, 15) is 4.79 Å². The molecule has 0 spiro atoms.